The molecular weight excluding hydrogens is 350 g/mol. The molecule has 1 amide bonds. The van der Waals surface area contributed by atoms with Crippen molar-refractivity contribution in [3.63, 3.8) is 0 Å². The van der Waals surface area contributed by atoms with Crippen LogP contribution in [0.5, 0.6) is 5.75 Å². The monoisotopic (exact) mass is 370 g/mol. The SMILES string of the molecule is CC(COc1ccc(F)cc1F)NC(=O)C(C)(N)c1ccccc1.Cl. The van der Waals surface area contributed by atoms with E-state index in [9.17, 15) is 13.6 Å². The highest BCUT2D eigenvalue weighted by Gasteiger charge is 2.31. The highest BCUT2D eigenvalue weighted by molar-refractivity contribution is 5.87. The third-order valence-electron chi connectivity index (χ3n) is 3.61. The van der Waals surface area contributed by atoms with Crippen LogP contribution in [0.1, 0.15) is 19.4 Å². The number of carbonyl (C=O) groups excluding carboxylic acids is 1. The minimum Gasteiger partial charge on any atom is -0.488 e. The van der Waals surface area contributed by atoms with Crippen molar-refractivity contribution in [3.8, 4) is 5.75 Å². The van der Waals surface area contributed by atoms with E-state index in [4.69, 9.17) is 10.5 Å². The van der Waals surface area contributed by atoms with Crippen molar-refractivity contribution in [3.05, 3.63) is 65.7 Å². The summed E-state index contributed by atoms with van der Waals surface area (Å²) in [5, 5.41) is 2.73. The van der Waals surface area contributed by atoms with Gasteiger partial charge in [-0.25, -0.2) is 8.78 Å². The number of nitrogens with one attached hydrogen (secondary N) is 1. The van der Waals surface area contributed by atoms with Crippen LogP contribution in [0.25, 0.3) is 0 Å². The molecule has 7 heteroatoms. The van der Waals surface area contributed by atoms with Crippen molar-refractivity contribution in [2.75, 3.05) is 6.61 Å². The Balaban J connectivity index is 0.00000312. The molecule has 0 aromatic heterocycles. The predicted molar refractivity (Wildman–Crippen MR) is 94.7 cm³/mol. The highest BCUT2D eigenvalue weighted by atomic mass is 35.5. The quantitative estimate of drug-likeness (QED) is 0.821. The van der Waals surface area contributed by atoms with Crippen LogP contribution in [0, 0.1) is 11.6 Å². The van der Waals surface area contributed by atoms with Gasteiger partial charge in [-0.05, 0) is 31.5 Å². The summed E-state index contributed by atoms with van der Waals surface area (Å²) in [6.45, 7) is 3.35. The number of hydrogen-bond acceptors (Lipinski definition) is 3. The molecule has 0 fully saturated rings. The average Bonchev–Trinajstić information content (AvgIpc) is 2.54. The van der Waals surface area contributed by atoms with Crippen LogP contribution in [0.2, 0.25) is 0 Å². The Morgan fingerprint density at radius 2 is 1.88 bits per heavy atom. The normalized spacial score (nSPS) is 14.0. The van der Waals surface area contributed by atoms with Gasteiger partial charge in [-0.15, -0.1) is 12.4 Å². The molecule has 2 aromatic rings. The summed E-state index contributed by atoms with van der Waals surface area (Å²) in [6, 6.07) is 11.6. The Labute approximate surface area is 151 Å². The number of benzene rings is 2. The molecule has 0 radical (unpaired) electrons. The highest BCUT2D eigenvalue weighted by Crippen LogP contribution is 2.19. The van der Waals surface area contributed by atoms with E-state index in [0.29, 0.717) is 5.56 Å². The molecule has 2 atom stereocenters. The Kier molecular flexibility index (Phi) is 7.33. The molecule has 2 unspecified atom stereocenters. The van der Waals surface area contributed by atoms with Crippen molar-refractivity contribution < 1.29 is 18.3 Å². The first-order valence-electron chi connectivity index (χ1n) is 7.54. The molecule has 2 aromatic carbocycles. The van der Waals surface area contributed by atoms with Crippen LogP contribution < -0.4 is 15.8 Å². The summed E-state index contributed by atoms with van der Waals surface area (Å²) in [7, 11) is 0. The van der Waals surface area contributed by atoms with Crippen LogP contribution in [0.15, 0.2) is 48.5 Å². The lowest BCUT2D eigenvalue weighted by molar-refractivity contribution is -0.126. The first-order valence-corrected chi connectivity index (χ1v) is 7.54. The molecule has 2 rings (SSSR count). The van der Waals surface area contributed by atoms with E-state index in [1.807, 2.05) is 6.07 Å². The van der Waals surface area contributed by atoms with Crippen LogP contribution in [0.3, 0.4) is 0 Å². The minimum absolute atomic E-state index is 0. The Morgan fingerprint density at radius 3 is 2.48 bits per heavy atom. The zero-order valence-electron chi connectivity index (χ0n) is 14.0. The third kappa shape index (κ3) is 5.41. The number of amides is 1. The van der Waals surface area contributed by atoms with Crippen molar-refractivity contribution in [1.29, 1.82) is 0 Å². The Bertz CT molecular complexity index is 711. The summed E-state index contributed by atoms with van der Waals surface area (Å²) in [4.78, 5) is 12.4. The van der Waals surface area contributed by atoms with E-state index in [0.717, 1.165) is 12.1 Å². The van der Waals surface area contributed by atoms with Gasteiger partial charge in [0.05, 0.1) is 6.04 Å². The van der Waals surface area contributed by atoms with E-state index in [2.05, 4.69) is 5.32 Å². The smallest absolute Gasteiger partial charge is 0.244 e. The van der Waals surface area contributed by atoms with E-state index in [-0.39, 0.29) is 30.7 Å². The Morgan fingerprint density at radius 1 is 1.24 bits per heavy atom. The molecule has 0 saturated carbocycles. The van der Waals surface area contributed by atoms with E-state index >= 15 is 0 Å². The zero-order chi connectivity index (χ0) is 17.7. The number of hydrogen-bond donors (Lipinski definition) is 2. The van der Waals surface area contributed by atoms with Gasteiger partial charge in [-0.2, -0.15) is 0 Å². The zero-order valence-corrected chi connectivity index (χ0v) is 14.8. The van der Waals surface area contributed by atoms with E-state index < -0.39 is 23.2 Å². The minimum atomic E-state index is -1.20. The van der Waals surface area contributed by atoms with Gasteiger partial charge in [0.15, 0.2) is 11.6 Å². The predicted octanol–water partition coefficient (Wildman–Crippen LogP) is 3.14. The lowest BCUT2D eigenvalue weighted by atomic mass is 9.92. The van der Waals surface area contributed by atoms with E-state index in [1.54, 1.807) is 38.1 Å². The molecule has 0 aliphatic heterocycles. The molecule has 0 saturated heterocycles. The maximum absolute atomic E-state index is 13.5. The van der Waals surface area contributed by atoms with Crippen LogP contribution >= 0.6 is 12.4 Å². The molecule has 0 spiro atoms. The number of ether oxygens (including phenoxy) is 1. The summed E-state index contributed by atoms with van der Waals surface area (Å²) >= 11 is 0. The lowest BCUT2D eigenvalue weighted by Crippen LogP contribution is -2.52. The fraction of sp³-hybridized carbons (Fsp3) is 0.278. The molecule has 0 heterocycles. The number of rotatable bonds is 6. The third-order valence-corrected chi connectivity index (χ3v) is 3.61. The molecular formula is C18H21ClF2N2O2. The standard InChI is InChI=1S/C18H20F2N2O2.ClH/c1-12(11-24-16-9-8-14(19)10-15(16)20)22-17(23)18(2,21)13-6-4-3-5-7-13;/h3-10,12H,11,21H2,1-2H3,(H,22,23);1H. The lowest BCUT2D eigenvalue weighted by Gasteiger charge is -2.26. The summed E-state index contributed by atoms with van der Waals surface area (Å²) < 4.78 is 31.6. The van der Waals surface area contributed by atoms with E-state index in [1.165, 1.54) is 6.07 Å². The maximum Gasteiger partial charge on any atom is 0.244 e. The molecule has 3 N–H and O–H groups in total. The van der Waals surface area contributed by atoms with Crippen LogP contribution in [-0.2, 0) is 10.3 Å². The van der Waals surface area contributed by atoms with Gasteiger partial charge in [-0.1, -0.05) is 30.3 Å². The second-order valence-corrected chi connectivity index (χ2v) is 5.83. The van der Waals surface area contributed by atoms with Gasteiger partial charge < -0.3 is 15.8 Å². The number of halogens is 3. The molecule has 25 heavy (non-hydrogen) atoms. The van der Waals surface area contributed by atoms with Gasteiger partial charge in [0.1, 0.15) is 18.0 Å². The first kappa shape index (κ1) is 20.9. The molecule has 136 valence electrons. The van der Waals surface area contributed by atoms with Gasteiger partial charge in [-0.3, -0.25) is 4.79 Å². The van der Waals surface area contributed by atoms with Gasteiger partial charge in [0.25, 0.3) is 0 Å². The second-order valence-electron chi connectivity index (χ2n) is 5.83. The molecule has 0 aliphatic carbocycles. The van der Waals surface area contributed by atoms with Gasteiger partial charge in [0, 0.05) is 6.07 Å². The topological polar surface area (TPSA) is 64.3 Å². The second kappa shape index (κ2) is 8.78. The van der Waals surface area contributed by atoms with Gasteiger partial charge in [0.2, 0.25) is 5.91 Å². The number of nitrogens with two attached hydrogens (primary N) is 1. The van der Waals surface area contributed by atoms with Crippen molar-refractivity contribution in [1.82, 2.24) is 5.32 Å². The largest absolute Gasteiger partial charge is 0.488 e. The van der Waals surface area contributed by atoms with Crippen molar-refractivity contribution >= 4 is 18.3 Å². The van der Waals surface area contributed by atoms with Gasteiger partial charge >= 0.3 is 0 Å². The average molecular weight is 371 g/mol. The summed E-state index contributed by atoms with van der Waals surface area (Å²) in [6.07, 6.45) is 0. The maximum atomic E-state index is 13.5. The fourth-order valence-electron chi connectivity index (χ4n) is 2.14. The summed E-state index contributed by atoms with van der Waals surface area (Å²) in [5.74, 6) is -1.91. The first-order chi connectivity index (χ1) is 11.3. The molecule has 0 bridgehead atoms. The number of carbonyl (C=O) groups is 1. The van der Waals surface area contributed by atoms with Crippen LogP contribution in [-0.4, -0.2) is 18.6 Å². The van der Waals surface area contributed by atoms with Crippen molar-refractivity contribution in [2.45, 2.75) is 25.4 Å². The summed E-state index contributed by atoms with van der Waals surface area (Å²) in [5.41, 5.74) is 5.61. The van der Waals surface area contributed by atoms with Crippen molar-refractivity contribution in [2.24, 2.45) is 5.73 Å². The Hall–Kier alpha value is -2.18. The molecule has 4 nitrogen and oxygen atoms in total. The molecule has 0 aliphatic rings. The van der Waals surface area contributed by atoms with Crippen LogP contribution in [0.4, 0.5) is 8.78 Å². The fourth-order valence-corrected chi connectivity index (χ4v) is 2.14.